The molecule has 0 unspecified atom stereocenters. The summed E-state index contributed by atoms with van der Waals surface area (Å²) in [5.41, 5.74) is 7.99. The minimum atomic E-state index is -4.61. The summed E-state index contributed by atoms with van der Waals surface area (Å²) in [5, 5.41) is 6.99. The molecule has 0 saturated heterocycles. The zero-order chi connectivity index (χ0) is 31.9. The molecule has 2 amide bonds. The number of carbonyl (C=O) groups excluding carboxylic acids is 1. The number of fused-ring (bicyclic) bond motifs is 1. The molecule has 44 heavy (non-hydrogen) atoms. The van der Waals surface area contributed by atoms with Gasteiger partial charge in [0.2, 0.25) is 0 Å². The maximum atomic E-state index is 15.9. The highest BCUT2D eigenvalue weighted by molar-refractivity contribution is 6.30. The number of alkyl halides is 3. The van der Waals surface area contributed by atoms with Crippen molar-refractivity contribution in [1.82, 2.24) is 14.7 Å². The number of nitrogens with two attached hydrogens (primary N) is 1. The first kappa shape index (κ1) is 31.5. The summed E-state index contributed by atoms with van der Waals surface area (Å²) in [6, 6.07) is 10.1. The summed E-state index contributed by atoms with van der Waals surface area (Å²) in [7, 11) is 0. The van der Waals surface area contributed by atoms with Gasteiger partial charge in [0.1, 0.15) is 11.6 Å². The normalized spacial score (nSPS) is 15.3. The van der Waals surface area contributed by atoms with Gasteiger partial charge in [0.05, 0.1) is 28.3 Å². The molecule has 232 valence electrons. The van der Waals surface area contributed by atoms with Gasteiger partial charge in [-0.3, -0.25) is 4.90 Å². The van der Waals surface area contributed by atoms with Crippen molar-refractivity contribution in [1.29, 1.82) is 0 Å². The van der Waals surface area contributed by atoms with Crippen LogP contribution < -0.4 is 11.1 Å². The Balaban J connectivity index is 1.70. The van der Waals surface area contributed by atoms with Gasteiger partial charge in [0.15, 0.2) is 0 Å². The number of nitrogens with zero attached hydrogens (tertiary/aromatic N) is 3. The van der Waals surface area contributed by atoms with Gasteiger partial charge in [-0.2, -0.15) is 18.3 Å². The fourth-order valence-electron chi connectivity index (χ4n) is 5.86. The molecule has 0 fully saturated rings. The van der Waals surface area contributed by atoms with E-state index < -0.39 is 35.1 Å². The zero-order valence-electron chi connectivity index (χ0n) is 24.3. The van der Waals surface area contributed by atoms with Gasteiger partial charge in [-0.15, -0.1) is 0 Å². The molecule has 3 N–H and O–H groups in total. The van der Waals surface area contributed by atoms with E-state index in [-0.39, 0.29) is 35.3 Å². The molecule has 0 radical (unpaired) electrons. The Hall–Kier alpha value is -3.96. The fourth-order valence-corrected chi connectivity index (χ4v) is 6.03. The number of halogens is 6. The molecule has 6 nitrogen and oxygen atoms in total. The number of urea groups is 1. The first-order chi connectivity index (χ1) is 20.8. The minimum absolute atomic E-state index is 0.0216. The van der Waals surface area contributed by atoms with Crippen molar-refractivity contribution < 1.29 is 26.7 Å². The SMILES string of the molecule is CCc1cccc(CC)c1-n1nc2c(c1-c1cc(F)c(NC(N)=O)cc1F)CN(Cc1ccc(Cl)cc1C(F)(F)F)[C@@H](C)C2. The number of benzene rings is 3. The average Bonchev–Trinajstić information content (AvgIpc) is 3.31. The minimum Gasteiger partial charge on any atom is -0.351 e. The summed E-state index contributed by atoms with van der Waals surface area (Å²) in [6.07, 6.45) is -2.96. The van der Waals surface area contributed by atoms with Gasteiger partial charge in [-0.05, 0) is 54.7 Å². The van der Waals surface area contributed by atoms with E-state index in [1.165, 1.54) is 12.1 Å². The van der Waals surface area contributed by atoms with Crippen LogP contribution in [0.15, 0.2) is 48.5 Å². The van der Waals surface area contributed by atoms with Gasteiger partial charge in [0.25, 0.3) is 0 Å². The van der Waals surface area contributed by atoms with E-state index in [0.29, 0.717) is 36.2 Å². The van der Waals surface area contributed by atoms with Gasteiger partial charge < -0.3 is 11.1 Å². The third-order valence-electron chi connectivity index (χ3n) is 8.04. The number of aryl methyl sites for hydroxylation is 2. The molecule has 12 heteroatoms. The number of amides is 2. The number of para-hydroxylation sites is 1. The first-order valence-corrected chi connectivity index (χ1v) is 14.6. The lowest BCUT2D eigenvalue weighted by Gasteiger charge is -2.34. The van der Waals surface area contributed by atoms with E-state index >= 15 is 8.78 Å². The predicted octanol–water partition coefficient (Wildman–Crippen LogP) is 8.05. The van der Waals surface area contributed by atoms with Crippen LogP contribution in [-0.2, 0) is 38.5 Å². The van der Waals surface area contributed by atoms with E-state index in [0.717, 1.165) is 35.0 Å². The number of carbonyl (C=O) groups is 1. The molecule has 5 rings (SSSR count). The second-order valence-corrected chi connectivity index (χ2v) is 11.3. The lowest BCUT2D eigenvalue weighted by Crippen LogP contribution is -2.38. The molecule has 1 atom stereocenters. The van der Waals surface area contributed by atoms with Gasteiger partial charge >= 0.3 is 12.2 Å². The van der Waals surface area contributed by atoms with Crippen molar-refractivity contribution in [3.63, 3.8) is 0 Å². The molecule has 0 spiro atoms. The maximum absolute atomic E-state index is 15.9. The molecular formula is C32H31ClF5N5O. The quantitative estimate of drug-likeness (QED) is 0.203. The Kier molecular flexibility index (Phi) is 8.73. The average molecular weight is 632 g/mol. The molecule has 2 heterocycles. The highest BCUT2D eigenvalue weighted by atomic mass is 35.5. The monoisotopic (exact) mass is 631 g/mol. The molecule has 4 aromatic rings. The summed E-state index contributed by atoms with van der Waals surface area (Å²) in [6.45, 7) is 5.94. The standard InChI is InChI=1S/C32H31ClF5N5O/c1-4-18-7-6-8-19(5-2)29(18)43-30(22-13-26(35)28(14-25(22)34)40-31(39)44)23-16-42(17(3)11-27(23)41-43)15-20-9-10-21(33)12-24(20)32(36,37)38/h6-10,12-14,17H,4-5,11,15-16H2,1-3H3,(H3,39,40,44)/t17-/m0/s1. The first-order valence-electron chi connectivity index (χ1n) is 14.2. The highest BCUT2D eigenvalue weighted by Gasteiger charge is 2.36. The van der Waals surface area contributed by atoms with E-state index in [4.69, 9.17) is 22.4 Å². The molecule has 0 bridgehead atoms. The summed E-state index contributed by atoms with van der Waals surface area (Å²) in [4.78, 5) is 13.2. The number of nitrogens with one attached hydrogen (secondary N) is 1. The largest absolute Gasteiger partial charge is 0.416 e. The van der Waals surface area contributed by atoms with E-state index in [9.17, 15) is 18.0 Å². The molecule has 0 saturated carbocycles. The van der Waals surface area contributed by atoms with E-state index in [2.05, 4.69) is 5.32 Å². The van der Waals surface area contributed by atoms with Crippen LogP contribution in [0.2, 0.25) is 5.02 Å². The third-order valence-corrected chi connectivity index (χ3v) is 8.27. The number of primary amides is 1. The third kappa shape index (κ3) is 6.03. The number of aromatic nitrogens is 2. The summed E-state index contributed by atoms with van der Waals surface area (Å²) in [5.74, 6) is -1.73. The molecule has 0 aliphatic carbocycles. The van der Waals surface area contributed by atoms with Crippen molar-refractivity contribution in [2.45, 2.75) is 65.3 Å². The Morgan fingerprint density at radius 2 is 1.73 bits per heavy atom. The van der Waals surface area contributed by atoms with Crippen molar-refractivity contribution in [3.8, 4) is 16.9 Å². The second kappa shape index (κ2) is 12.2. The van der Waals surface area contributed by atoms with Crippen molar-refractivity contribution in [3.05, 3.63) is 98.7 Å². The fraction of sp³-hybridized carbons (Fsp3) is 0.312. The second-order valence-electron chi connectivity index (χ2n) is 10.9. The van der Waals surface area contributed by atoms with Crippen molar-refractivity contribution in [2.24, 2.45) is 5.73 Å². The van der Waals surface area contributed by atoms with Crippen LogP contribution in [0.3, 0.4) is 0 Å². The summed E-state index contributed by atoms with van der Waals surface area (Å²) < 4.78 is 74.6. The molecule has 1 aliphatic heterocycles. The number of hydrogen-bond acceptors (Lipinski definition) is 3. The van der Waals surface area contributed by atoms with Crippen LogP contribution in [0.5, 0.6) is 0 Å². The molecule has 1 aliphatic rings. The Morgan fingerprint density at radius 1 is 1.05 bits per heavy atom. The smallest absolute Gasteiger partial charge is 0.351 e. The van der Waals surface area contributed by atoms with Gasteiger partial charge in [-0.1, -0.05) is 49.7 Å². The Labute approximate surface area is 256 Å². The van der Waals surface area contributed by atoms with Crippen molar-refractivity contribution in [2.75, 3.05) is 5.32 Å². The lowest BCUT2D eigenvalue weighted by atomic mass is 9.95. The van der Waals surface area contributed by atoms with Crippen LogP contribution in [0.4, 0.5) is 32.4 Å². The molecule has 1 aromatic heterocycles. The maximum Gasteiger partial charge on any atom is 0.416 e. The van der Waals surface area contributed by atoms with Gasteiger partial charge in [0, 0.05) is 47.8 Å². The zero-order valence-corrected chi connectivity index (χ0v) is 25.1. The highest BCUT2D eigenvalue weighted by Crippen LogP contribution is 2.40. The van der Waals surface area contributed by atoms with Crippen LogP contribution in [0.1, 0.15) is 54.3 Å². The van der Waals surface area contributed by atoms with Crippen LogP contribution >= 0.6 is 11.6 Å². The predicted molar refractivity (Wildman–Crippen MR) is 160 cm³/mol. The summed E-state index contributed by atoms with van der Waals surface area (Å²) >= 11 is 5.91. The van der Waals surface area contributed by atoms with Crippen molar-refractivity contribution >= 4 is 23.3 Å². The number of hydrogen-bond donors (Lipinski definition) is 2. The van der Waals surface area contributed by atoms with Gasteiger partial charge in [-0.25, -0.2) is 18.3 Å². The molecular weight excluding hydrogens is 601 g/mol. The van der Waals surface area contributed by atoms with Crippen LogP contribution in [0.25, 0.3) is 16.9 Å². The Morgan fingerprint density at radius 3 is 2.34 bits per heavy atom. The molecule has 3 aromatic carbocycles. The van der Waals surface area contributed by atoms with E-state index in [1.54, 1.807) is 4.68 Å². The Bertz CT molecular complexity index is 1710. The van der Waals surface area contributed by atoms with Crippen LogP contribution in [-0.4, -0.2) is 26.8 Å². The topological polar surface area (TPSA) is 76.2 Å². The number of anilines is 1. The number of rotatable bonds is 7. The van der Waals surface area contributed by atoms with Crippen LogP contribution in [0, 0.1) is 11.6 Å². The lowest BCUT2D eigenvalue weighted by molar-refractivity contribution is -0.138. The van der Waals surface area contributed by atoms with E-state index in [1.807, 2.05) is 43.9 Å².